The predicted octanol–water partition coefficient (Wildman–Crippen LogP) is 1.34. The summed E-state index contributed by atoms with van der Waals surface area (Å²) in [5.41, 5.74) is 0.823. The first-order valence-corrected chi connectivity index (χ1v) is 12.2. The van der Waals surface area contributed by atoms with Crippen molar-refractivity contribution in [2.45, 2.75) is 26.8 Å². The molecule has 1 aliphatic heterocycles. The minimum absolute atomic E-state index is 0.0139. The molecule has 174 valence electrons. The van der Waals surface area contributed by atoms with Crippen molar-refractivity contribution in [3.63, 3.8) is 0 Å². The molecule has 1 fully saturated rings. The standard InChI is InChI=1S/C21H29N5O5S/c1-4-32(30,31)24-15-5-6-18-16(11-15)17(21(28)29)12-19(23-18)26-9-7-25(8-10-26)13-20(27)22-14(2)3/h5-6,11-12,14,24H,4,7-10,13H2,1-3H3,(H,22,27)(H,28,29). The molecule has 1 aromatic heterocycles. The van der Waals surface area contributed by atoms with Gasteiger partial charge < -0.3 is 15.3 Å². The molecule has 1 aliphatic rings. The molecule has 0 radical (unpaired) electrons. The maximum Gasteiger partial charge on any atom is 0.336 e. The van der Waals surface area contributed by atoms with E-state index in [1.54, 1.807) is 12.1 Å². The molecule has 1 saturated heterocycles. The van der Waals surface area contributed by atoms with Crippen LogP contribution in [0.5, 0.6) is 0 Å². The van der Waals surface area contributed by atoms with E-state index in [-0.39, 0.29) is 23.3 Å². The van der Waals surface area contributed by atoms with Crippen LogP contribution in [-0.4, -0.2) is 79.8 Å². The monoisotopic (exact) mass is 463 g/mol. The van der Waals surface area contributed by atoms with Crippen LogP contribution in [-0.2, 0) is 14.8 Å². The molecule has 0 bridgehead atoms. The second kappa shape index (κ2) is 9.70. The third kappa shape index (κ3) is 5.86. The number of carboxylic acids is 1. The van der Waals surface area contributed by atoms with Crippen LogP contribution in [0.2, 0.25) is 0 Å². The number of rotatable bonds is 8. The van der Waals surface area contributed by atoms with Crippen molar-refractivity contribution in [2.75, 3.05) is 48.1 Å². The lowest BCUT2D eigenvalue weighted by Crippen LogP contribution is -2.50. The molecule has 3 rings (SSSR count). The van der Waals surface area contributed by atoms with E-state index in [0.29, 0.717) is 55.1 Å². The van der Waals surface area contributed by atoms with Gasteiger partial charge in [0, 0.05) is 43.3 Å². The van der Waals surface area contributed by atoms with Crippen molar-refractivity contribution < 1.29 is 23.1 Å². The van der Waals surface area contributed by atoms with Crippen LogP contribution in [0, 0.1) is 0 Å². The number of pyridine rings is 1. The summed E-state index contributed by atoms with van der Waals surface area (Å²) in [5, 5.41) is 13.0. The average molecular weight is 464 g/mol. The van der Waals surface area contributed by atoms with Gasteiger partial charge in [-0.15, -0.1) is 0 Å². The molecule has 2 heterocycles. The van der Waals surface area contributed by atoms with Crippen LogP contribution in [0.1, 0.15) is 31.1 Å². The molecule has 0 spiro atoms. The number of nitrogens with one attached hydrogen (secondary N) is 2. The maximum atomic E-state index is 12.0. The third-order valence-electron chi connectivity index (χ3n) is 5.19. The summed E-state index contributed by atoms with van der Waals surface area (Å²) in [6.45, 7) is 8.23. The SMILES string of the molecule is CCS(=O)(=O)Nc1ccc2nc(N3CCN(CC(=O)NC(C)C)CC3)cc(C(=O)O)c2c1. The Morgan fingerprint density at radius 3 is 2.44 bits per heavy atom. The van der Waals surface area contributed by atoms with Gasteiger partial charge in [0.2, 0.25) is 15.9 Å². The van der Waals surface area contributed by atoms with E-state index in [1.165, 1.54) is 19.1 Å². The summed E-state index contributed by atoms with van der Waals surface area (Å²) in [5.74, 6) is -0.666. The van der Waals surface area contributed by atoms with Gasteiger partial charge in [-0.25, -0.2) is 18.2 Å². The van der Waals surface area contributed by atoms with Crippen LogP contribution in [0.25, 0.3) is 10.9 Å². The maximum absolute atomic E-state index is 12.0. The molecular weight excluding hydrogens is 434 g/mol. The summed E-state index contributed by atoms with van der Waals surface area (Å²) < 4.78 is 26.1. The smallest absolute Gasteiger partial charge is 0.336 e. The first kappa shape index (κ1) is 23.7. The van der Waals surface area contributed by atoms with Gasteiger partial charge in [-0.3, -0.25) is 14.4 Å². The van der Waals surface area contributed by atoms with E-state index in [2.05, 4.69) is 19.9 Å². The van der Waals surface area contributed by atoms with E-state index >= 15 is 0 Å². The van der Waals surface area contributed by atoms with Crippen LogP contribution in [0.3, 0.4) is 0 Å². The number of sulfonamides is 1. The van der Waals surface area contributed by atoms with Gasteiger partial charge in [0.05, 0.1) is 23.4 Å². The van der Waals surface area contributed by atoms with Gasteiger partial charge in [-0.2, -0.15) is 0 Å². The Labute approximate surface area is 187 Å². The Hall–Kier alpha value is -2.92. The first-order valence-electron chi connectivity index (χ1n) is 10.5. The Morgan fingerprint density at radius 1 is 1.16 bits per heavy atom. The van der Waals surface area contributed by atoms with Crippen LogP contribution in [0.4, 0.5) is 11.5 Å². The lowest BCUT2D eigenvalue weighted by Gasteiger charge is -2.35. The topological polar surface area (TPSA) is 132 Å². The zero-order valence-corrected chi connectivity index (χ0v) is 19.3. The van der Waals surface area contributed by atoms with Gasteiger partial charge in [0.1, 0.15) is 5.82 Å². The van der Waals surface area contributed by atoms with Gasteiger partial charge >= 0.3 is 5.97 Å². The summed E-state index contributed by atoms with van der Waals surface area (Å²) in [4.78, 5) is 32.6. The normalized spacial score (nSPS) is 15.2. The minimum atomic E-state index is -3.48. The number of hydrogen-bond acceptors (Lipinski definition) is 7. The summed E-state index contributed by atoms with van der Waals surface area (Å²) in [6.07, 6.45) is 0. The Kier molecular flexibility index (Phi) is 7.19. The second-order valence-electron chi connectivity index (χ2n) is 8.06. The number of aromatic nitrogens is 1. The first-order chi connectivity index (χ1) is 15.1. The zero-order chi connectivity index (χ0) is 23.5. The fourth-order valence-corrected chi connectivity index (χ4v) is 4.20. The van der Waals surface area contributed by atoms with E-state index in [4.69, 9.17) is 0 Å². The third-order valence-corrected chi connectivity index (χ3v) is 6.50. The fourth-order valence-electron chi connectivity index (χ4n) is 3.57. The molecule has 1 aromatic carbocycles. The predicted molar refractivity (Wildman–Crippen MR) is 124 cm³/mol. The fraction of sp³-hybridized carbons (Fsp3) is 0.476. The average Bonchev–Trinajstić information content (AvgIpc) is 2.72. The van der Waals surface area contributed by atoms with Crippen molar-refractivity contribution >= 4 is 44.3 Å². The number of aromatic carboxylic acids is 1. The highest BCUT2D eigenvalue weighted by atomic mass is 32.2. The molecule has 2 aromatic rings. The highest BCUT2D eigenvalue weighted by Crippen LogP contribution is 2.27. The van der Waals surface area contributed by atoms with Crippen LogP contribution < -0.4 is 14.9 Å². The number of nitrogens with zero attached hydrogens (tertiary/aromatic N) is 3. The Balaban J connectivity index is 1.80. The van der Waals surface area contributed by atoms with E-state index in [1.807, 2.05) is 18.7 Å². The molecule has 32 heavy (non-hydrogen) atoms. The molecule has 10 nitrogen and oxygen atoms in total. The van der Waals surface area contributed by atoms with E-state index in [9.17, 15) is 23.1 Å². The molecule has 11 heteroatoms. The highest BCUT2D eigenvalue weighted by Gasteiger charge is 2.22. The van der Waals surface area contributed by atoms with Crippen molar-refractivity contribution in [1.29, 1.82) is 0 Å². The molecular formula is C21H29N5O5S. The number of carbonyl (C=O) groups excluding carboxylic acids is 1. The summed E-state index contributed by atoms with van der Waals surface area (Å²) >= 11 is 0. The number of benzene rings is 1. The van der Waals surface area contributed by atoms with Crippen LogP contribution in [0.15, 0.2) is 24.3 Å². The number of piperazine rings is 1. The number of anilines is 2. The Bertz CT molecular complexity index is 1110. The summed E-state index contributed by atoms with van der Waals surface area (Å²) in [7, 11) is -3.48. The van der Waals surface area contributed by atoms with E-state index in [0.717, 1.165) is 0 Å². The van der Waals surface area contributed by atoms with Gasteiger partial charge in [0.25, 0.3) is 0 Å². The van der Waals surface area contributed by atoms with Crippen molar-refractivity contribution in [3.05, 3.63) is 29.8 Å². The summed E-state index contributed by atoms with van der Waals surface area (Å²) in [6, 6.07) is 6.30. The number of carbonyl (C=O) groups is 2. The zero-order valence-electron chi connectivity index (χ0n) is 18.5. The van der Waals surface area contributed by atoms with Crippen molar-refractivity contribution in [3.8, 4) is 0 Å². The highest BCUT2D eigenvalue weighted by molar-refractivity contribution is 7.92. The molecule has 0 aliphatic carbocycles. The lowest BCUT2D eigenvalue weighted by atomic mass is 10.1. The van der Waals surface area contributed by atoms with Crippen molar-refractivity contribution in [2.24, 2.45) is 0 Å². The molecule has 0 saturated carbocycles. The number of carboxylic acid groups (broad SMARTS) is 1. The molecule has 1 amide bonds. The second-order valence-corrected chi connectivity index (χ2v) is 10.1. The molecule has 0 atom stereocenters. The van der Waals surface area contributed by atoms with Gasteiger partial charge in [-0.1, -0.05) is 0 Å². The molecule has 0 unspecified atom stereocenters. The largest absolute Gasteiger partial charge is 0.478 e. The van der Waals surface area contributed by atoms with Crippen molar-refractivity contribution in [1.82, 2.24) is 15.2 Å². The minimum Gasteiger partial charge on any atom is -0.478 e. The molecule has 3 N–H and O–H groups in total. The number of amides is 1. The lowest BCUT2D eigenvalue weighted by molar-refractivity contribution is -0.122. The van der Waals surface area contributed by atoms with Gasteiger partial charge in [0.15, 0.2) is 0 Å². The van der Waals surface area contributed by atoms with E-state index < -0.39 is 16.0 Å². The quantitative estimate of drug-likeness (QED) is 0.534. The Morgan fingerprint density at radius 2 is 1.84 bits per heavy atom. The number of fused-ring (bicyclic) bond motifs is 1. The number of hydrogen-bond donors (Lipinski definition) is 3. The van der Waals surface area contributed by atoms with Crippen LogP contribution >= 0.6 is 0 Å². The van der Waals surface area contributed by atoms with Gasteiger partial charge in [-0.05, 0) is 45.0 Å².